The maximum Gasteiger partial charge on any atom is 0.169 e. The third-order valence-corrected chi connectivity index (χ3v) is 14.1. The normalized spacial score (nSPS) is 49.2. The lowest BCUT2D eigenvalue weighted by Crippen LogP contribution is -2.56. The number of carbonyl (C=O) groups excluding carboxylic acids is 1. The van der Waals surface area contributed by atoms with Gasteiger partial charge >= 0.3 is 0 Å². The molecule has 8 heterocycles. The van der Waals surface area contributed by atoms with E-state index < -0.39 is 24.1 Å². The fourth-order valence-corrected chi connectivity index (χ4v) is 11.2. The van der Waals surface area contributed by atoms with Crippen molar-refractivity contribution in [3.05, 3.63) is 24.3 Å². The first-order valence-electron chi connectivity index (χ1n) is 20.9. The van der Waals surface area contributed by atoms with Crippen molar-refractivity contribution in [2.45, 2.75) is 201 Å². The molecule has 8 fully saturated rings. The van der Waals surface area contributed by atoms with Gasteiger partial charge in [-0.25, -0.2) is 0 Å². The Hall–Kier alpha value is -1.29. The van der Waals surface area contributed by atoms with E-state index in [2.05, 4.69) is 20.1 Å². The number of ether oxygens (including phenoxy) is 9. The van der Waals surface area contributed by atoms with Crippen molar-refractivity contribution in [1.29, 1.82) is 0 Å². The molecule has 8 aliphatic heterocycles. The van der Waals surface area contributed by atoms with Crippen molar-refractivity contribution in [1.82, 2.24) is 0 Å². The van der Waals surface area contributed by atoms with E-state index in [4.69, 9.17) is 42.6 Å². The summed E-state index contributed by atoms with van der Waals surface area (Å²) in [7, 11) is 3.38. The summed E-state index contributed by atoms with van der Waals surface area (Å²) < 4.78 is 59.7. The first kappa shape index (κ1) is 39.5. The maximum absolute atomic E-state index is 14.1. The van der Waals surface area contributed by atoms with Crippen LogP contribution in [0.25, 0.3) is 0 Å². The van der Waals surface area contributed by atoms with E-state index in [0.29, 0.717) is 32.1 Å². The van der Waals surface area contributed by atoms with Crippen LogP contribution in [0.15, 0.2) is 24.3 Å². The number of rotatable bonds is 5. The second-order valence-corrected chi connectivity index (χ2v) is 17.7. The van der Waals surface area contributed by atoms with Crippen LogP contribution in [0.4, 0.5) is 0 Å². The van der Waals surface area contributed by atoms with Crippen molar-refractivity contribution in [3.8, 4) is 0 Å². The lowest BCUT2D eigenvalue weighted by molar-refractivity contribution is -0.315. The molecule has 8 saturated heterocycles. The summed E-state index contributed by atoms with van der Waals surface area (Å²) in [6.45, 7) is 10.7. The number of hydrogen-bond acceptors (Lipinski definition) is 12. The van der Waals surface area contributed by atoms with Crippen LogP contribution in [0.3, 0.4) is 0 Å². The molecule has 0 aromatic carbocycles. The van der Waals surface area contributed by atoms with Crippen LogP contribution in [-0.4, -0.2) is 134 Å². The van der Waals surface area contributed by atoms with Gasteiger partial charge in [0.1, 0.15) is 18.0 Å². The molecule has 0 radical (unpaired) electrons. The van der Waals surface area contributed by atoms with Gasteiger partial charge in [0.15, 0.2) is 5.79 Å². The highest BCUT2D eigenvalue weighted by molar-refractivity contribution is 5.79. The Bertz CT molecular complexity index is 1360. The lowest BCUT2D eigenvalue weighted by atomic mass is 9.81. The van der Waals surface area contributed by atoms with Crippen LogP contribution in [-0.2, 0) is 47.4 Å². The number of hydrogen-bond donors (Lipinski definition) is 2. The molecule has 0 saturated carbocycles. The Kier molecular flexibility index (Phi) is 12.1. The van der Waals surface area contributed by atoms with E-state index in [1.54, 1.807) is 14.2 Å². The molecule has 8 rings (SSSR count). The smallest absolute Gasteiger partial charge is 0.169 e. The fourth-order valence-electron chi connectivity index (χ4n) is 11.2. The van der Waals surface area contributed by atoms with Crippen LogP contribution < -0.4 is 0 Å². The van der Waals surface area contributed by atoms with E-state index in [1.807, 2.05) is 0 Å². The number of ketones is 1. The Morgan fingerprint density at radius 2 is 1.54 bits per heavy atom. The van der Waals surface area contributed by atoms with Crippen LogP contribution in [0.5, 0.6) is 0 Å². The maximum atomic E-state index is 14.1. The predicted molar refractivity (Wildman–Crippen MR) is 196 cm³/mol. The van der Waals surface area contributed by atoms with Gasteiger partial charge < -0.3 is 52.8 Å². The average molecular weight is 761 g/mol. The number of aliphatic hydroxyl groups excluding tert-OH is 2. The first-order valence-corrected chi connectivity index (χ1v) is 20.9. The summed E-state index contributed by atoms with van der Waals surface area (Å²) in [6.07, 6.45) is 5.97. The molecule has 8 aliphatic rings. The molecule has 2 N–H and O–H groups in total. The van der Waals surface area contributed by atoms with Gasteiger partial charge in [-0.1, -0.05) is 20.1 Å². The van der Waals surface area contributed by atoms with Crippen molar-refractivity contribution < 1.29 is 57.6 Å². The minimum Gasteiger partial charge on any atom is -0.394 e. The van der Waals surface area contributed by atoms with Gasteiger partial charge in [-0.05, 0) is 68.4 Å². The second kappa shape index (κ2) is 16.5. The lowest BCUT2D eigenvalue weighted by Gasteiger charge is -2.46. The summed E-state index contributed by atoms with van der Waals surface area (Å²) in [5.41, 5.74) is 2.17. The molecule has 0 aromatic rings. The van der Waals surface area contributed by atoms with Gasteiger partial charge in [0, 0.05) is 65.1 Å². The Morgan fingerprint density at radius 1 is 0.759 bits per heavy atom. The molecule has 12 nitrogen and oxygen atoms in total. The van der Waals surface area contributed by atoms with Crippen molar-refractivity contribution in [2.75, 3.05) is 20.8 Å². The zero-order valence-corrected chi connectivity index (χ0v) is 32.5. The number of carbonyl (C=O) groups is 1. The van der Waals surface area contributed by atoms with E-state index in [0.717, 1.165) is 56.1 Å². The highest BCUT2D eigenvalue weighted by Crippen LogP contribution is 2.48. The van der Waals surface area contributed by atoms with Gasteiger partial charge in [-0.3, -0.25) is 4.79 Å². The highest BCUT2D eigenvalue weighted by Gasteiger charge is 2.57. The van der Waals surface area contributed by atoms with Crippen molar-refractivity contribution in [3.63, 3.8) is 0 Å². The molecule has 54 heavy (non-hydrogen) atoms. The van der Waals surface area contributed by atoms with Gasteiger partial charge in [0.25, 0.3) is 0 Å². The standard InChI is InChI=1S/C42H64O12/c1-22-14-27-6-8-31-23(2)15-29(48-31)10-12-42-13-11-32(46-4)41(54-42)37-20-38(53-42)40-33(51-37)9-7-28(50-40)16-25(44)17-30-35(19-34(49-27)24(22)3)52-36(39(30)47-5)18-26(45)21-43/h22,26-41,43,45H,2-3,6-21H2,1,4-5H3/t22-,26+,27+,28-,29?,30+,31+,32-,33+,34-,35+,36-,37-,38?,39-,40+,41?,42-/m1/s1. The molecule has 0 aliphatic carbocycles. The van der Waals surface area contributed by atoms with Gasteiger partial charge in [-0.15, -0.1) is 0 Å². The summed E-state index contributed by atoms with van der Waals surface area (Å²) in [5.74, 6) is -0.706. The van der Waals surface area contributed by atoms with E-state index in [9.17, 15) is 15.0 Å². The summed E-state index contributed by atoms with van der Waals surface area (Å²) >= 11 is 0. The quantitative estimate of drug-likeness (QED) is 0.382. The summed E-state index contributed by atoms with van der Waals surface area (Å²) in [5, 5.41) is 20.1. The molecule has 12 heteroatoms. The van der Waals surface area contributed by atoms with Crippen LogP contribution in [0.2, 0.25) is 0 Å². The third-order valence-electron chi connectivity index (χ3n) is 14.1. The second-order valence-electron chi connectivity index (χ2n) is 17.7. The molecular formula is C42H64O12. The average Bonchev–Trinajstić information content (AvgIpc) is 3.65. The Morgan fingerprint density at radius 3 is 2.33 bits per heavy atom. The minimum atomic E-state index is -0.951. The van der Waals surface area contributed by atoms with E-state index >= 15 is 0 Å². The Labute approximate surface area is 320 Å². The zero-order chi connectivity index (χ0) is 37.7. The van der Waals surface area contributed by atoms with Crippen LogP contribution in [0.1, 0.15) is 103 Å². The summed E-state index contributed by atoms with van der Waals surface area (Å²) in [4.78, 5) is 14.1. The van der Waals surface area contributed by atoms with Crippen LogP contribution in [0, 0.1) is 11.8 Å². The molecule has 0 aromatic heterocycles. The molecular weight excluding hydrogens is 696 g/mol. The number of Topliss-reactive ketones (excluding diaryl/α,β-unsaturated/α-hetero) is 1. The summed E-state index contributed by atoms with van der Waals surface area (Å²) in [6, 6.07) is 0. The predicted octanol–water partition coefficient (Wildman–Crippen LogP) is 4.50. The fraction of sp³-hybridized carbons (Fsp3) is 0.881. The first-order chi connectivity index (χ1) is 26.0. The molecule has 10 bridgehead atoms. The largest absolute Gasteiger partial charge is 0.394 e. The molecule has 0 amide bonds. The Balaban J connectivity index is 1.07. The van der Waals surface area contributed by atoms with E-state index in [1.165, 1.54) is 0 Å². The molecule has 1 spiro atoms. The highest BCUT2D eigenvalue weighted by atomic mass is 16.7. The topological polar surface area (TPSA) is 141 Å². The third kappa shape index (κ3) is 8.06. The van der Waals surface area contributed by atoms with Gasteiger partial charge in [0.2, 0.25) is 0 Å². The monoisotopic (exact) mass is 760 g/mol. The van der Waals surface area contributed by atoms with Crippen molar-refractivity contribution >= 4 is 5.78 Å². The molecule has 304 valence electrons. The van der Waals surface area contributed by atoms with E-state index in [-0.39, 0.29) is 117 Å². The number of fused-ring (bicyclic) bond motifs is 9. The SMILES string of the molecule is C=C1CC2CC[C@]34CC[C@@H](OC)C(O3)[C@H]3CC(O4)[C@H]4O[C@H](CC[C@@H]4O3)CC(=O)C[C@@H]3[C@@H](OC)[C@@H](C[C@H](O)CO)O[C@H]3C[C@H]3O[C@@H](CC[C@@H]1O2)C[C@@H](C)C3=C. The van der Waals surface area contributed by atoms with Crippen molar-refractivity contribution in [2.24, 2.45) is 11.8 Å². The van der Waals surface area contributed by atoms with Gasteiger partial charge in [-0.2, -0.15) is 0 Å². The van der Waals surface area contributed by atoms with Gasteiger partial charge in [0.05, 0.1) is 86.0 Å². The number of aliphatic hydroxyl groups is 2. The zero-order valence-electron chi connectivity index (χ0n) is 32.5. The molecule has 18 atom stereocenters. The minimum absolute atomic E-state index is 0.0249. The molecule has 3 unspecified atom stereocenters. The number of methoxy groups -OCH3 is 2. The van der Waals surface area contributed by atoms with Crippen LogP contribution >= 0.6 is 0 Å².